The molecular formula is C19H21N5O. The maximum absolute atomic E-state index is 12.4. The summed E-state index contributed by atoms with van der Waals surface area (Å²) in [7, 11) is 0. The molecule has 0 saturated heterocycles. The largest absolute Gasteiger partial charge is 0.306 e. The topological polar surface area (TPSA) is 72.7 Å². The van der Waals surface area contributed by atoms with Gasteiger partial charge in [-0.3, -0.25) is 9.36 Å². The van der Waals surface area contributed by atoms with Crippen LogP contribution in [0.4, 0.5) is 5.82 Å². The lowest BCUT2D eigenvalue weighted by atomic mass is 9.87. The third-order valence-electron chi connectivity index (χ3n) is 3.98. The van der Waals surface area contributed by atoms with E-state index in [-0.39, 0.29) is 11.3 Å². The number of hydrogen-bond acceptors (Lipinski definition) is 4. The average molecular weight is 335 g/mol. The summed E-state index contributed by atoms with van der Waals surface area (Å²) in [5.41, 5.74) is 1.83. The smallest absolute Gasteiger partial charge is 0.256 e. The Labute approximate surface area is 147 Å². The monoisotopic (exact) mass is 335 g/mol. The van der Waals surface area contributed by atoms with Gasteiger partial charge in [-0.15, -0.1) is 0 Å². The van der Waals surface area contributed by atoms with Gasteiger partial charge in [-0.2, -0.15) is 0 Å². The van der Waals surface area contributed by atoms with Crippen LogP contribution in [0.15, 0.2) is 49.1 Å². The molecule has 0 bridgehead atoms. The molecule has 0 aliphatic heterocycles. The fourth-order valence-electron chi connectivity index (χ4n) is 2.48. The minimum absolute atomic E-state index is 0.0548. The molecule has 1 aromatic carbocycles. The van der Waals surface area contributed by atoms with Crippen molar-refractivity contribution in [1.82, 2.24) is 19.5 Å². The van der Waals surface area contributed by atoms with Crippen molar-refractivity contribution < 1.29 is 4.79 Å². The van der Waals surface area contributed by atoms with Gasteiger partial charge in [0.1, 0.15) is 23.8 Å². The SMILES string of the molecule is Cc1nccn1-c1cc(NC(=O)c2ccc(C(C)(C)C)cc2)ncn1. The Balaban J connectivity index is 1.78. The molecule has 0 radical (unpaired) electrons. The molecule has 3 rings (SSSR count). The first kappa shape index (κ1) is 16.8. The Hall–Kier alpha value is -3.02. The number of carbonyl (C=O) groups excluding carboxylic acids is 1. The highest BCUT2D eigenvalue weighted by Crippen LogP contribution is 2.22. The first-order valence-electron chi connectivity index (χ1n) is 8.09. The van der Waals surface area contributed by atoms with E-state index in [0.717, 1.165) is 5.82 Å². The standard InChI is InChI=1S/C19H21N5O/c1-13-20-9-10-24(13)17-11-16(21-12-22-17)23-18(25)14-5-7-15(8-6-14)19(2,3)4/h5-12H,1-4H3,(H,21,22,23,25). The number of imidazole rings is 1. The van der Waals surface area contributed by atoms with Gasteiger partial charge in [0.15, 0.2) is 0 Å². The molecule has 0 spiro atoms. The van der Waals surface area contributed by atoms with Gasteiger partial charge < -0.3 is 5.32 Å². The highest BCUT2D eigenvalue weighted by Gasteiger charge is 2.15. The maximum atomic E-state index is 12.4. The molecule has 1 amide bonds. The van der Waals surface area contributed by atoms with Crippen LogP contribution >= 0.6 is 0 Å². The fraction of sp³-hybridized carbons (Fsp3) is 0.263. The fourth-order valence-corrected chi connectivity index (χ4v) is 2.48. The quantitative estimate of drug-likeness (QED) is 0.795. The highest BCUT2D eigenvalue weighted by atomic mass is 16.1. The molecule has 0 unspecified atom stereocenters. The van der Waals surface area contributed by atoms with Crippen molar-refractivity contribution in [1.29, 1.82) is 0 Å². The van der Waals surface area contributed by atoms with Crippen molar-refractivity contribution in [2.75, 3.05) is 5.32 Å². The highest BCUT2D eigenvalue weighted by molar-refractivity contribution is 6.03. The Bertz CT molecular complexity index is 891. The lowest BCUT2D eigenvalue weighted by Crippen LogP contribution is -2.15. The second-order valence-corrected chi connectivity index (χ2v) is 6.89. The van der Waals surface area contributed by atoms with E-state index < -0.39 is 0 Å². The molecule has 6 nitrogen and oxygen atoms in total. The molecular weight excluding hydrogens is 314 g/mol. The first-order chi connectivity index (χ1) is 11.8. The molecule has 2 heterocycles. The Morgan fingerprint density at radius 3 is 2.40 bits per heavy atom. The molecule has 1 N–H and O–H groups in total. The van der Waals surface area contributed by atoms with Gasteiger partial charge in [0.2, 0.25) is 0 Å². The molecule has 3 aromatic rings. The van der Waals surface area contributed by atoms with Crippen LogP contribution in [0.5, 0.6) is 0 Å². The van der Waals surface area contributed by atoms with E-state index >= 15 is 0 Å². The van der Waals surface area contributed by atoms with Crippen molar-refractivity contribution >= 4 is 11.7 Å². The Kier molecular flexibility index (Phi) is 4.35. The molecule has 128 valence electrons. The summed E-state index contributed by atoms with van der Waals surface area (Å²) in [6, 6.07) is 9.34. The summed E-state index contributed by atoms with van der Waals surface area (Å²) in [4.78, 5) is 25.0. The molecule has 0 saturated carbocycles. The van der Waals surface area contributed by atoms with Crippen molar-refractivity contribution in [3.8, 4) is 5.82 Å². The third kappa shape index (κ3) is 3.74. The minimum Gasteiger partial charge on any atom is -0.306 e. The number of nitrogens with zero attached hydrogens (tertiary/aromatic N) is 4. The minimum atomic E-state index is -0.201. The molecule has 6 heteroatoms. The van der Waals surface area contributed by atoms with E-state index in [1.807, 2.05) is 42.0 Å². The number of aryl methyl sites for hydroxylation is 1. The van der Waals surface area contributed by atoms with E-state index in [2.05, 4.69) is 41.0 Å². The van der Waals surface area contributed by atoms with Gasteiger partial charge in [0.05, 0.1) is 0 Å². The van der Waals surface area contributed by atoms with Crippen molar-refractivity contribution in [2.45, 2.75) is 33.1 Å². The number of carbonyl (C=O) groups is 1. The summed E-state index contributed by atoms with van der Waals surface area (Å²) >= 11 is 0. The summed E-state index contributed by atoms with van der Waals surface area (Å²) in [6.07, 6.45) is 4.94. The molecule has 0 aliphatic carbocycles. The number of benzene rings is 1. The maximum Gasteiger partial charge on any atom is 0.256 e. The van der Waals surface area contributed by atoms with Crippen molar-refractivity contribution in [2.24, 2.45) is 0 Å². The van der Waals surface area contributed by atoms with E-state index in [1.165, 1.54) is 11.9 Å². The summed E-state index contributed by atoms with van der Waals surface area (Å²) in [5, 5.41) is 2.81. The number of amides is 1. The predicted octanol–water partition coefficient (Wildman–Crippen LogP) is 3.52. The van der Waals surface area contributed by atoms with Crippen LogP contribution in [0.2, 0.25) is 0 Å². The zero-order chi connectivity index (χ0) is 18.0. The summed E-state index contributed by atoms with van der Waals surface area (Å²) in [5.74, 6) is 1.72. The normalized spacial score (nSPS) is 11.4. The third-order valence-corrected chi connectivity index (χ3v) is 3.98. The zero-order valence-electron chi connectivity index (χ0n) is 14.8. The molecule has 0 aliphatic rings. The lowest BCUT2D eigenvalue weighted by Gasteiger charge is -2.19. The number of rotatable bonds is 3. The number of anilines is 1. The number of hydrogen-bond donors (Lipinski definition) is 1. The van der Waals surface area contributed by atoms with Crippen LogP contribution in [0.3, 0.4) is 0 Å². The van der Waals surface area contributed by atoms with Gasteiger partial charge >= 0.3 is 0 Å². The number of aromatic nitrogens is 4. The molecule has 0 atom stereocenters. The number of nitrogens with one attached hydrogen (secondary N) is 1. The molecule has 25 heavy (non-hydrogen) atoms. The van der Waals surface area contributed by atoms with Crippen LogP contribution in [0.25, 0.3) is 5.82 Å². The van der Waals surface area contributed by atoms with E-state index in [1.54, 1.807) is 12.3 Å². The van der Waals surface area contributed by atoms with Gasteiger partial charge in [-0.05, 0) is 30.0 Å². The Morgan fingerprint density at radius 1 is 1.08 bits per heavy atom. The molecule has 2 aromatic heterocycles. The van der Waals surface area contributed by atoms with Crippen LogP contribution < -0.4 is 5.32 Å². The van der Waals surface area contributed by atoms with Gasteiger partial charge in [0, 0.05) is 24.0 Å². The van der Waals surface area contributed by atoms with Crippen LogP contribution in [0, 0.1) is 6.92 Å². The molecule has 0 fully saturated rings. The second kappa shape index (κ2) is 6.47. The summed E-state index contributed by atoms with van der Waals surface area (Å²) in [6.45, 7) is 8.31. The van der Waals surface area contributed by atoms with Crippen LogP contribution in [-0.4, -0.2) is 25.4 Å². The van der Waals surface area contributed by atoms with Crippen molar-refractivity contribution in [3.63, 3.8) is 0 Å². The first-order valence-corrected chi connectivity index (χ1v) is 8.09. The van der Waals surface area contributed by atoms with E-state index in [9.17, 15) is 4.79 Å². The zero-order valence-corrected chi connectivity index (χ0v) is 14.8. The van der Waals surface area contributed by atoms with Crippen molar-refractivity contribution in [3.05, 3.63) is 66.0 Å². The van der Waals surface area contributed by atoms with Gasteiger partial charge in [-0.25, -0.2) is 15.0 Å². The van der Waals surface area contributed by atoms with Gasteiger partial charge in [-0.1, -0.05) is 32.9 Å². The summed E-state index contributed by atoms with van der Waals surface area (Å²) < 4.78 is 1.83. The van der Waals surface area contributed by atoms with Gasteiger partial charge in [0.25, 0.3) is 5.91 Å². The van der Waals surface area contributed by atoms with Crippen LogP contribution in [0.1, 0.15) is 42.5 Å². The predicted molar refractivity (Wildman–Crippen MR) is 97.0 cm³/mol. The Morgan fingerprint density at radius 2 is 1.80 bits per heavy atom. The lowest BCUT2D eigenvalue weighted by molar-refractivity contribution is 0.102. The van der Waals surface area contributed by atoms with E-state index in [4.69, 9.17) is 0 Å². The van der Waals surface area contributed by atoms with Crippen LogP contribution in [-0.2, 0) is 5.41 Å². The van der Waals surface area contributed by atoms with E-state index in [0.29, 0.717) is 17.2 Å². The average Bonchev–Trinajstić information content (AvgIpc) is 3.00. The second-order valence-electron chi connectivity index (χ2n) is 6.89.